The van der Waals surface area contributed by atoms with Crippen LogP contribution in [0.25, 0.3) is 0 Å². The molecule has 4 N–H and O–H groups in total. The van der Waals surface area contributed by atoms with Gasteiger partial charge in [-0.25, -0.2) is 4.79 Å². The van der Waals surface area contributed by atoms with E-state index in [4.69, 9.17) is 22.4 Å². The summed E-state index contributed by atoms with van der Waals surface area (Å²) in [4.78, 5) is 21.3. The third kappa shape index (κ3) is 3.78. The first-order valence-electron chi connectivity index (χ1n) is 4.52. The molecule has 1 aromatic carbocycles. The summed E-state index contributed by atoms with van der Waals surface area (Å²) < 4.78 is 0. The van der Waals surface area contributed by atoms with Gasteiger partial charge in [0.05, 0.1) is 12.5 Å². The normalized spacial score (nSPS) is 11.8. The maximum absolute atomic E-state index is 10.7. The van der Waals surface area contributed by atoms with Gasteiger partial charge in [0.1, 0.15) is 0 Å². The van der Waals surface area contributed by atoms with Crippen molar-refractivity contribution in [3.05, 3.63) is 34.9 Å². The standard InChI is InChI=1S/C10H11ClN2O3/c11-7-3-1-6(2-4-7)8(5-9(14)15)13-10(12)16/h1-4,8H,5H2,(H,14,15)(H3,12,13,16)/t8-/m1/s1. The topological polar surface area (TPSA) is 92.4 Å². The molecule has 0 spiro atoms. The van der Waals surface area contributed by atoms with Crippen molar-refractivity contribution in [2.24, 2.45) is 5.73 Å². The van der Waals surface area contributed by atoms with Crippen LogP contribution in [-0.4, -0.2) is 17.1 Å². The Morgan fingerprint density at radius 1 is 1.38 bits per heavy atom. The molecule has 2 amide bonds. The first-order valence-corrected chi connectivity index (χ1v) is 4.90. The molecule has 0 unspecified atom stereocenters. The number of amides is 2. The summed E-state index contributed by atoms with van der Waals surface area (Å²) in [7, 11) is 0. The Morgan fingerprint density at radius 2 is 1.94 bits per heavy atom. The summed E-state index contributed by atoms with van der Waals surface area (Å²) in [6.45, 7) is 0. The van der Waals surface area contributed by atoms with Crippen LogP contribution in [0.1, 0.15) is 18.0 Å². The molecule has 5 nitrogen and oxygen atoms in total. The highest BCUT2D eigenvalue weighted by Gasteiger charge is 2.16. The Labute approximate surface area is 97.2 Å². The van der Waals surface area contributed by atoms with Gasteiger partial charge in [-0.3, -0.25) is 4.79 Å². The van der Waals surface area contributed by atoms with Gasteiger partial charge in [-0.15, -0.1) is 0 Å². The SMILES string of the molecule is NC(=O)N[C@H](CC(=O)O)c1ccc(Cl)cc1. The van der Waals surface area contributed by atoms with E-state index in [9.17, 15) is 9.59 Å². The van der Waals surface area contributed by atoms with Crippen molar-refractivity contribution in [2.75, 3.05) is 0 Å². The predicted octanol–water partition coefficient (Wildman–Crippen LogP) is 1.52. The minimum Gasteiger partial charge on any atom is -0.481 e. The molecule has 16 heavy (non-hydrogen) atoms. The number of carbonyl (C=O) groups is 2. The number of urea groups is 1. The number of halogens is 1. The fourth-order valence-corrected chi connectivity index (χ4v) is 1.42. The second-order valence-electron chi connectivity index (χ2n) is 3.21. The molecular weight excluding hydrogens is 232 g/mol. The van der Waals surface area contributed by atoms with Crippen LogP contribution in [0.3, 0.4) is 0 Å². The number of nitrogens with two attached hydrogens (primary N) is 1. The number of benzene rings is 1. The van der Waals surface area contributed by atoms with E-state index in [0.717, 1.165) is 0 Å². The molecule has 0 heterocycles. The van der Waals surface area contributed by atoms with Crippen molar-refractivity contribution in [3.63, 3.8) is 0 Å². The monoisotopic (exact) mass is 242 g/mol. The van der Waals surface area contributed by atoms with Crippen molar-refractivity contribution in [1.82, 2.24) is 5.32 Å². The summed E-state index contributed by atoms with van der Waals surface area (Å²) in [5, 5.41) is 11.6. The van der Waals surface area contributed by atoms with E-state index in [0.29, 0.717) is 10.6 Å². The summed E-state index contributed by atoms with van der Waals surface area (Å²) in [5.74, 6) is -1.02. The van der Waals surface area contributed by atoms with Crippen molar-refractivity contribution in [1.29, 1.82) is 0 Å². The van der Waals surface area contributed by atoms with Crippen LogP contribution < -0.4 is 11.1 Å². The molecule has 6 heteroatoms. The van der Waals surface area contributed by atoms with Crippen LogP contribution in [0.2, 0.25) is 5.02 Å². The maximum atomic E-state index is 10.7. The molecule has 1 aromatic rings. The zero-order valence-electron chi connectivity index (χ0n) is 8.31. The molecule has 1 rings (SSSR count). The number of rotatable bonds is 4. The zero-order chi connectivity index (χ0) is 12.1. The Morgan fingerprint density at radius 3 is 2.38 bits per heavy atom. The summed E-state index contributed by atoms with van der Waals surface area (Å²) in [6, 6.07) is 5.12. The fraction of sp³-hybridized carbons (Fsp3) is 0.200. The zero-order valence-corrected chi connectivity index (χ0v) is 9.07. The molecule has 0 aliphatic carbocycles. The van der Waals surface area contributed by atoms with E-state index in [1.54, 1.807) is 24.3 Å². The Kier molecular flexibility index (Phi) is 4.13. The third-order valence-electron chi connectivity index (χ3n) is 1.97. The van der Waals surface area contributed by atoms with E-state index in [1.807, 2.05) is 0 Å². The Bertz CT molecular complexity index is 376. The molecule has 0 aliphatic rings. The lowest BCUT2D eigenvalue weighted by molar-refractivity contribution is -0.137. The van der Waals surface area contributed by atoms with Gasteiger partial charge in [0.15, 0.2) is 0 Å². The maximum Gasteiger partial charge on any atom is 0.312 e. The van der Waals surface area contributed by atoms with E-state index in [1.165, 1.54) is 0 Å². The lowest BCUT2D eigenvalue weighted by atomic mass is 10.0. The molecule has 0 saturated carbocycles. The minimum atomic E-state index is -1.02. The highest BCUT2D eigenvalue weighted by Crippen LogP contribution is 2.19. The van der Waals surface area contributed by atoms with Crippen molar-refractivity contribution in [3.8, 4) is 0 Å². The highest BCUT2D eigenvalue weighted by atomic mass is 35.5. The van der Waals surface area contributed by atoms with Gasteiger partial charge >= 0.3 is 12.0 Å². The van der Waals surface area contributed by atoms with Crippen LogP contribution >= 0.6 is 11.6 Å². The molecule has 0 fully saturated rings. The van der Waals surface area contributed by atoms with Crippen LogP contribution in [0, 0.1) is 0 Å². The van der Waals surface area contributed by atoms with E-state index in [2.05, 4.69) is 5.32 Å². The average Bonchev–Trinajstić information content (AvgIpc) is 2.16. The van der Waals surface area contributed by atoms with Crippen molar-refractivity contribution >= 4 is 23.6 Å². The number of carboxylic acids is 1. The van der Waals surface area contributed by atoms with Crippen molar-refractivity contribution < 1.29 is 14.7 Å². The molecule has 1 atom stereocenters. The fourth-order valence-electron chi connectivity index (χ4n) is 1.29. The molecule has 0 saturated heterocycles. The summed E-state index contributed by atoms with van der Waals surface area (Å²) in [5.41, 5.74) is 5.61. The van der Waals surface area contributed by atoms with Crippen LogP contribution in [0.4, 0.5) is 4.79 Å². The second kappa shape index (κ2) is 5.37. The van der Waals surface area contributed by atoms with Gasteiger partial charge in [-0.1, -0.05) is 23.7 Å². The largest absolute Gasteiger partial charge is 0.481 e. The molecular formula is C10H11ClN2O3. The number of carbonyl (C=O) groups excluding carboxylic acids is 1. The second-order valence-corrected chi connectivity index (χ2v) is 3.65. The third-order valence-corrected chi connectivity index (χ3v) is 2.22. The number of hydrogen-bond acceptors (Lipinski definition) is 2. The van der Waals surface area contributed by atoms with Gasteiger partial charge in [0, 0.05) is 5.02 Å². The van der Waals surface area contributed by atoms with E-state index >= 15 is 0 Å². The highest BCUT2D eigenvalue weighted by molar-refractivity contribution is 6.30. The van der Waals surface area contributed by atoms with Gasteiger partial charge in [-0.2, -0.15) is 0 Å². The predicted molar refractivity (Wildman–Crippen MR) is 59.2 cm³/mol. The number of carboxylic acid groups (broad SMARTS) is 1. The molecule has 86 valence electrons. The first-order chi connectivity index (χ1) is 7.49. The van der Waals surface area contributed by atoms with Gasteiger partial charge < -0.3 is 16.2 Å². The Balaban J connectivity index is 2.86. The van der Waals surface area contributed by atoms with Crippen LogP contribution in [0.5, 0.6) is 0 Å². The van der Waals surface area contributed by atoms with Gasteiger partial charge in [0.25, 0.3) is 0 Å². The summed E-state index contributed by atoms with van der Waals surface area (Å²) >= 11 is 5.70. The summed E-state index contributed by atoms with van der Waals surface area (Å²) in [6.07, 6.45) is -0.232. The number of aliphatic carboxylic acids is 1. The molecule has 0 aliphatic heterocycles. The first kappa shape index (κ1) is 12.3. The van der Waals surface area contributed by atoms with Gasteiger partial charge in [0.2, 0.25) is 0 Å². The molecule has 0 aromatic heterocycles. The number of hydrogen-bond donors (Lipinski definition) is 3. The smallest absolute Gasteiger partial charge is 0.312 e. The Hall–Kier alpha value is -1.75. The van der Waals surface area contributed by atoms with Crippen molar-refractivity contribution in [2.45, 2.75) is 12.5 Å². The lowest BCUT2D eigenvalue weighted by Gasteiger charge is -2.15. The number of nitrogens with one attached hydrogen (secondary N) is 1. The molecule has 0 bridgehead atoms. The van der Waals surface area contributed by atoms with Gasteiger partial charge in [-0.05, 0) is 17.7 Å². The quantitative estimate of drug-likeness (QED) is 0.747. The van der Waals surface area contributed by atoms with E-state index < -0.39 is 18.0 Å². The minimum absolute atomic E-state index is 0.232. The lowest BCUT2D eigenvalue weighted by Crippen LogP contribution is -2.34. The van der Waals surface area contributed by atoms with Crippen LogP contribution in [0.15, 0.2) is 24.3 Å². The van der Waals surface area contributed by atoms with E-state index in [-0.39, 0.29) is 6.42 Å². The molecule has 0 radical (unpaired) electrons. The average molecular weight is 243 g/mol. The number of primary amides is 1. The van der Waals surface area contributed by atoms with Crippen LogP contribution in [-0.2, 0) is 4.79 Å².